The van der Waals surface area contributed by atoms with Gasteiger partial charge in [-0.1, -0.05) is 13.8 Å². The molecular weight excluding hydrogens is 280 g/mol. The zero-order valence-electron chi connectivity index (χ0n) is 14.1. The third-order valence-corrected chi connectivity index (χ3v) is 5.70. The van der Waals surface area contributed by atoms with Crippen LogP contribution in [-0.4, -0.2) is 60.6 Å². The summed E-state index contributed by atoms with van der Waals surface area (Å²) in [6, 6.07) is 1.01. The number of thiazole rings is 1. The minimum atomic E-state index is 0.395. The van der Waals surface area contributed by atoms with Crippen LogP contribution in [0.1, 0.15) is 37.4 Å². The van der Waals surface area contributed by atoms with Crippen molar-refractivity contribution in [3.8, 4) is 0 Å². The molecule has 1 aliphatic rings. The standard InChI is InChI=1S/C16H30N4S/c1-12(2)15(20-8-6-19(5)7-9-20)10-17-13(3)16-14(4)18-11-21-16/h11-13,15,17H,6-10H2,1-5H3. The predicted molar refractivity (Wildman–Crippen MR) is 91.0 cm³/mol. The molecule has 120 valence electrons. The molecule has 0 radical (unpaired) electrons. The van der Waals surface area contributed by atoms with E-state index in [1.54, 1.807) is 11.3 Å². The van der Waals surface area contributed by atoms with Crippen LogP contribution in [-0.2, 0) is 0 Å². The van der Waals surface area contributed by atoms with Gasteiger partial charge in [0.05, 0.1) is 11.2 Å². The van der Waals surface area contributed by atoms with Crippen LogP contribution in [0.15, 0.2) is 5.51 Å². The molecule has 0 aliphatic carbocycles. The van der Waals surface area contributed by atoms with Crippen LogP contribution in [0.2, 0.25) is 0 Å². The van der Waals surface area contributed by atoms with E-state index in [4.69, 9.17) is 0 Å². The van der Waals surface area contributed by atoms with E-state index < -0.39 is 0 Å². The number of nitrogens with zero attached hydrogens (tertiary/aromatic N) is 3. The van der Waals surface area contributed by atoms with Crippen LogP contribution in [0.3, 0.4) is 0 Å². The molecule has 0 bridgehead atoms. The Morgan fingerprint density at radius 2 is 1.90 bits per heavy atom. The monoisotopic (exact) mass is 310 g/mol. The molecule has 1 aromatic heterocycles. The van der Waals surface area contributed by atoms with Crippen LogP contribution >= 0.6 is 11.3 Å². The lowest BCUT2D eigenvalue weighted by molar-refractivity contribution is 0.0864. The van der Waals surface area contributed by atoms with Gasteiger partial charge in [0.1, 0.15) is 0 Å². The smallest absolute Gasteiger partial charge is 0.0798 e. The minimum absolute atomic E-state index is 0.395. The maximum atomic E-state index is 4.36. The molecule has 2 unspecified atom stereocenters. The maximum Gasteiger partial charge on any atom is 0.0798 e. The molecule has 5 heteroatoms. The fraction of sp³-hybridized carbons (Fsp3) is 0.812. The number of hydrogen-bond donors (Lipinski definition) is 1. The first-order valence-electron chi connectivity index (χ1n) is 8.05. The minimum Gasteiger partial charge on any atom is -0.308 e. The van der Waals surface area contributed by atoms with E-state index in [0.29, 0.717) is 18.0 Å². The van der Waals surface area contributed by atoms with Crippen molar-refractivity contribution in [3.05, 3.63) is 16.1 Å². The number of likely N-dealkylation sites (N-methyl/N-ethyl adjacent to an activating group) is 1. The third kappa shape index (κ3) is 4.49. The van der Waals surface area contributed by atoms with Gasteiger partial charge in [0.15, 0.2) is 0 Å². The van der Waals surface area contributed by atoms with Crippen LogP contribution in [0.25, 0.3) is 0 Å². The van der Waals surface area contributed by atoms with Crippen molar-refractivity contribution in [3.63, 3.8) is 0 Å². The number of aryl methyl sites for hydroxylation is 1. The van der Waals surface area contributed by atoms with Crippen molar-refractivity contribution in [2.24, 2.45) is 5.92 Å². The van der Waals surface area contributed by atoms with Gasteiger partial charge < -0.3 is 10.2 Å². The van der Waals surface area contributed by atoms with Gasteiger partial charge in [0, 0.05) is 49.7 Å². The van der Waals surface area contributed by atoms with Crippen LogP contribution in [0, 0.1) is 12.8 Å². The van der Waals surface area contributed by atoms with Gasteiger partial charge in [-0.25, -0.2) is 4.98 Å². The van der Waals surface area contributed by atoms with Crippen molar-refractivity contribution >= 4 is 11.3 Å². The number of aromatic nitrogens is 1. The Bertz CT molecular complexity index is 424. The predicted octanol–water partition coefficient (Wildman–Crippen LogP) is 2.37. The van der Waals surface area contributed by atoms with Crippen LogP contribution in [0.4, 0.5) is 0 Å². The van der Waals surface area contributed by atoms with Crippen molar-refractivity contribution in [1.82, 2.24) is 20.1 Å². The molecule has 0 spiro atoms. The average Bonchev–Trinajstić information content (AvgIpc) is 2.86. The number of rotatable bonds is 6. The highest BCUT2D eigenvalue weighted by Crippen LogP contribution is 2.22. The summed E-state index contributed by atoms with van der Waals surface area (Å²) < 4.78 is 0. The lowest BCUT2D eigenvalue weighted by Gasteiger charge is -2.40. The summed E-state index contributed by atoms with van der Waals surface area (Å²) in [5, 5.41) is 3.73. The van der Waals surface area contributed by atoms with Gasteiger partial charge in [0.2, 0.25) is 0 Å². The second kappa shape index (κ2) is 7.68. The summed E-state index contributed by atoms with van der Waals surface area (Å²) in [6.45, 7) is 14.8. The molecule has 1 fully saturated rings. The van der Waals surface area contributed by atoms with Crippen molar-refractivity contribution in [1.29, 1.82) is 0 Å². The molecular formula is C16H30N4S. The van der Waals surface area contributed by atoms with Gasteiger partial charge in [-0.3, -0.25) is 4.90 Å². The van der Waals surface area contributed by atoms with Gasteiger partial charge in [-0.2, -0.15) is 0 Å². The summed E-state index contributed by atoms with van der Waals surface area (Å²) >= 11 is 1.76. The molecule has 1 aliphatic heterocycles. The lowest BCUT2D eigenvalue weighted by atomic mass is 10.0. The Labute approximate surface area is 133 Å². The first-order valence-corrected chi connectivity index (χ1v) is 8.93. The molecule has 2 rings (SSSR count). The van der Waals surface area contributed by atoms with Gasteiger partial charge in [-0.05, 0) is 26.8 Å². The van der Waals surface area contributed by atoms with Crippen molar-refractivity contribution < 1.29 is 0 Å². The van der Waals surface area contributed by atoms with Crippen LogP contribution in [0.5, 0.6) is 0 Å². The van der Waals surface area contributed by atoms with Crippen molar-refractivity contribution in [2.75, 3.05) is 39.8 Å². The summed E-state index contributed by atoms with van der Waals surface area (Å²) in [6.07, 6.45) is 0. The number of hydrogen-bond acceptors (Lipinski definition) is 5. The van der Waals surface area contributed by atoms with E-state index in [1.807, 2.05) is 5.51 Å². The van der Waals surface area contributed by atoms with Crippen molar-refractivity contribution in [2.45, 2.75) is 39.8 Å². The quantitative estimate of drug-likeness (QED) is 0.874. The number of piperazine rings is 1. The molecule has 0 amide bonds. The average molecular weight is 311 g/mol. The highest BCUT2D eigenvalue weighted by molar-refractivity contribution is 7.09. The van der Waals surface area contributed by atoms with Crippen LogP contribution < -0.4 is 5.32 Å². The fourth-order valence-corrected chi connectivity index (χ4v) is 3.89. The molecule has 2 atom stereocenters. The van der Waals surface area contributed by atoms with E-state index in [0.717, 1.165) is 6.54 Å². The topological polar surface area (TPSA) is 31.4 Å². The fourth-order valence-electron chi connectivity index (χ4n) is 3.06. The molecule has 0 saturated carbocycles. The molecule has 21 heavy (non-hydrogen) atoms. The summed E-state index contributed by atoms with van der Waals surface area (Å²) in [5.74, 6) is 0.677. The maximum absolute atomic E-state index is 4.36. The Kier molecular flexibility index (Phi) is 6.17. The van der Waals surface area contributed by atoms with Gasteiger partial charge >= 0.3 is 0 Å². The second-order valence-electron chi connectivity index (χ2n) is 6.58. The Morgan fingerprint density at radius 3 is 2.43 bits per heavy atom. The highest BCUT2D eigenvalue weighted by atomic mass is 32.1. The number of nitrogens with one attached hydrogen (secondary N) is 1. The lowest BCUT2D eigenvalue weighted by Crippen LogP contribution is -2.53. The Morgan fingerprint density at radius 1 is 1.24 bits per heavy atom. The first kappa shape index (κ1) is 16.9. The van der Waals surface area contributed by atoms with Gasteiger partial charge in [-0.15, -0.1) is 11.3 Å². The van der Waals surface area contributed by atoms with E-state index in [-0.39, 0.29) is 0 Å². The SMILES string of the molecule is Cc1ncsc1C(C)NCC(C(C)C)N1CCN(C)CC1. The molecule has 1 N–H and O–H groups in total. The Hall–Kier alpha value is -0.490. The Balaban J connectivity index is 1.90. The van der Waals surface area contributed by atoms with E-state index in [1.165, 1.54) is 36.8 Å². The molecule has 0 aromatic carbocycles. The third-order valence-electron chi connectivity index (χ3n) is 4.59. The summed E-state index contributed by atoms with van der Waals surface area (Å²) in [4.78, 5) is 10.8. The molecule has 2 heterocycles. The molecule has 1 saturated heterocycles. The summed E-state index contributed by atoms with van der Waals surface area (Å²) in [5.41, 5.74) is 3.11. The first-order chi connectivity index (χ1) is 9.99. The molecule has 4 nitrogen and oxygen atoms in total. The highest BCUT2D eigenvalue weighted by Gasteiger charge is 2.25. The zero-order chi connectivity index (χ0) is 15.4. The van der Waals surface area contributed by atoms with Gasteiger partial charge in [0.25, 0.3) is 0 Å². The van der Waals surface area contributed by atoms with E-state index in [2.05, 4.69) is 54.8 Å². The largest absolute Gasteiger partial charge is 0.308 e. The normalized spacial score (nSPS) is 20.9. The second-order valence-corrected chi connectivity index (χ2v) is 7.47. The molecule has 1 aromatic rings. The van der Waals surface area contributed by atoms with E-state index >= 15 is 0 Å². The summed E-state index contributed by atoms with van der Waals surface area (Å²) in [7, 11) is 2.22. The zero-order valence-corrected chi connectivity index (χ0v) is 14.9. The van der Waals surface area contributed by atoms with E-state index in [9.17, 15) is 0 Å².